The minimum Gasteiger partial charge on any atom is -0.493 e. The number of fused-ring (bicyclic) bond motifs is 1. The molecule has 0 aliphatic carbocycles. The Hall–Kier alpha value is -4.46. The highest BCUT2D eigenvalue weighted by atomic mass is 19.4. The molecule has 2 aliphatic heterocycles. The molecule has 14 heteroatoms. The Bertz CT molecular complexity index is 1770. The Kier molecular flexibility index (Phi) is 10.1. The van der Waals surface area contributed by atoms with Crippen molar-refractivity contribution in [3.8, 4) is 17.0 Å². The van der Waals surface area contributed by atoms with Gasteiger partial charge in [-0.15, -0.1) is 0 Å². The summed E-state index contributed by atoms with van der Waals surface area (Å²) >= 11 is 0. The van der Waals surface area contributed by atoms with E-state index in [1.165, 1.54) is 13.0 Å². The van der Waals surface area contributed by atoms with Gasteiger partial charge < -0.3 is 29.4 Å². The monoisotopic (exact) mass is 674 g/mol. The number of carboxylic acid groups (broad SMARTS) is 1. The number of morpholine rings is 1. The molecule has 48 heavy (non-hydrogen) atoms. The van der Waals surface area contributed by atoms with Gasteiger partial charge in [0.05, 0.1) is 31.1 Å². The predicted molar refractivity (Wildman–Crippen MR) is 169 cm³/mol. The van der Waals surface area contributed by atoms with Crippen LogP contribution in [0.3, 0.4) is 0 Å². The number of carbonyl (C=O) groups excluding carboxylic acids is 1. The molecule has 0 bridgehead atoms. The van der Waals surface area contributed by atoms with Gasteiger partial charge in [-0.3, -0.25) is 9.59 Å². The summed E-state index contributed by atoms with van der Waals surface area (Å²) in [6.07, 6.45) is -2.37. The normalized spacial score (nSPS) is 17.0. The number of hydrogen-bond acceptors (Lipinski definition) is 7. The summed E-state index contributed by atoms with van der Waals surface area (Å²) in [6, 6.07) is 2.01. The summed E-state index contributed by atoms with van der Waals surface area (Å²) in [5.74, 6) is -3.03. The van der Waals surface area contributed by atoms with Crippen molar-refractivity contribution in [3.63, 3.8) is 0 Å². The van der Waals surface area contributed by atoms with E-state index in [9.17, 15) is 32.7 Å². The number of carbonyl (C=O) groups is 2. The molecule has 0 radical (unpaired) electrons. The second-order valence-corrected chi connectivity index (χ2v) is 12.0. The Morgan fingerprint density at radius 3 is 2.56 bits per heavy atom. The maximum Gasteiger partial charge on any atom is 0.411 e. The minimum atomic E-state index is -4.62. The van der Waals surface area contributed by atoms with Crippen molar-refractivity contribution in [1.29, 1.82) is 0 Å². The average molecular weight is 675 g/mol. The predicted octanol–water partition coefficient (Wildman–Crippen LogP) is 4.54. The van der Waals surface area contributed by atoms with Crippen LogP contribution in [-0.2, 0) is 42.3 Å². The molecule has 258 valence electrons. The molecule has 1 fully saturated rings. The molecule has 2 N–H and O–H groups in total. The van der Waals surface area contributed by atoms with E-state index >= 15 is 4.39 Å². The van der Waals surface area contributed by atoms with E-state index in [0.717, 1.165) is 22.4 Å². The van der Waals surface area contributed by atoms with Gasteiger partial charge in [-0.05, 0) is 67.5 Å². The quantitative estimate of drug-likeness (QED) is 0.318. The van der Waals surface area contributed by atoms with Crippen LogP contribution >= 0.6 is 0 Å². The van der Waals surface area contributed by atoms with E-state index in [2.05, 4.69) is 5.32 Å². The van der Waals surface area contributed by atoms with E-state index in [1.807, 2.05) is 13.8 Å². The molecule has 2 atom stereocenters. The molecular formula is C34H38F4N4O6. The number of carboxylic acids is 1. The number of aromatic nitrogens is 2. The molecule has 1 saturated heterocycles. The molecule has 1 amide bonds. The van der Waals surface area contributed by atoms with Gasteiger partial charge in [0, 0.05) is 37.0 Å². The first-order valence-corrected chi connectivity index (χ1v) is 15.9. The molecular weight excluding hydrogens is 636 g/mol. The van der Waals surface area contributed by atoms with Crippen molar-refractivity contribution < 1.29 is 41.7 Å². The first-order chi connectivity index (χ1) is 22.8. The number of aryl methyl sites for hydroxylation is 2. The Morgan fingerprint density at radius 2 is 1.92 bits per heavy atom. The lowest BCUT2D eigenvalue weighted by Gasteiger charge is -2.38. The topological polar surface area (TPSA) is 123 Å². The van der Waals surface area contributed by atoms with E-state index < -0.39 is 48.1 Å². The first-order valence-electron chi connectivity index (χ1n) is 15.9. The van der Waals surface area contributed by atoms with Crippen LogP contribution in [0.5, 0.6) is 5.75 Å². The number of nitrogens with zero attached hydrogens (tertiary/aromatic N) is 3. The molecule has 0 spiro atoms. The lowest BCUT2D eigenvalue weighted by atomic mass is 9.91. The number of hydrogen-bond donors (Lipinski definition) is 2. The van der Waals surface area contributed by atoms with Crippen molar-refractivity contribution >= 4 is 17.6 Å². The smallest absolute Gasteiger partial charge is 0.411 e. The number of aliphatic carboxylic acids is 1. The molecule has 0 unspecified atom stereocenters. The Morgan fingerprint density at radius 1 is 1.17 bits per heavy atom. The molecule has 3 heterocycles. The summed E-state index contributed by atoms with van der Waals surface area (Å²) in [4.78, 5) is 44.7. The second-order valence-electron chi connectivity index (χ2n) is 12.0. The lowest BCUT2D eigenvalue weighted by molar-refractivity contribution is -0.167. The molecule has 5 rings (SSSR count). The second kappa shape index (κ2) is 14.0. The van der Waals surface area contributed by atoms with Crippen molar-refractivity contribution in [2.24, 2.45) is 7.05 Å². The van der Waals surface area contributed by atoms with Crippen LogP contribution in [0.4, 0.5) is 23.2 Å². The van der Waals surface area contributed by atoms with Crippen molar-refractivity contribution in [2.45, 2.75) is 71.1 Å². The van der Waals surface area contributed by atoms with Gasteiger partial charge in [0.25, 0.3) is 11.5 Å². The van der Waals surface area contributed by atoms with Crippen LogP contribution in [0.25, 0.3) is 11.3 Å². The Balaban J connectivity index is 1.44. The number of anilines is 1. The van der Waals surface area contributed by atoms with Gasteiger partial charge in [-0.1, -0.05) is 19.9 Å². The number of halogens is 4. The zero-order valence-electron chi connectivity index (χ0n) is 27.2. The van der Waals surface area contributed by atoms with Gasteiger partial charge in [0.1, 0.15) is 29.3 Å². The van der Waals surface area contributed by atoms with Crippen LogP contribution in [-0.4, -0.2) is 71.2 Å². The highest BCUT2D eigenvalue weighted by Gasteiger charge is 2.45. The fourth-order valence-corrected chi connectivity index (χ4v) is 6.54. The van der Waals surface area contributed by atoms with Gasteiger partial charge >= 0.3 is 12.1 Å². The fraction of sp³-hybridized carbons (Fsp3) is 0.471. The van der Waals surface area contributed by atoms with E-state index in [4.69, 9.17) is 14.5 Å². The lowest BCUT2D eigenvalue weighted by Crippen LogP contribution is -2.53. The highest BCUT2D eigenvalue weighted by Crippen LogP contribution is 2.38. The number of nitrogens with one attached hydrogen (secondary N) is 1. The maximum atomic E-state index is 15.4. The zero-order valence-corrected chi connectivity index (χ0v) is 27.2. The van der Waals surface area contributed by atoms with Gasteiger partial charge in [0.2, 0.25) is 0 Å². The maximum absolute atomic E-state index is 15.4. The molecule has 2 aliphatic rings. The van der Waals surface area contributed by atoms with Crippen LogP contribution in [0.1, 0.15) is 58.7 Å². The first kappa shape index (κ1) is 34.9. The van der Waals surface area contributed by atoms with Crippen LogP contribution < -0.4 is 20.5 Å². The third-order valence-corrected chi connectivity index (χ3v) is 8.96. The molecule has 1 aromatic heterocycles. The number of benzene rings is 2. The van der Waals surface area contributed by atoms with Gasteiger partial charge in [-0.25, -0.2) is 14.2 Å². The molecule has 10 nitrogen and oxygen atoms in total. The third kappa shape index (κ3) is 6.75. The van der Waals surface area contributed by atoms with Crippen LogP contribution in [0.2, 0.25) is 0 Å². The molecule has 3 aromatic rings. The van der Waals surface area contributed by atoms with E-state index in [-0.39, 0.29) is 42.1 Å². The number of rotatable bonds is 9. The standard InChI is InChI=1S/C34H38F4N4O6/c1-5-24-26(6-2)41(4)32(44)29(39-24)22-10-9-19(21-8-7-12-48-30(21)22)15-25(33(45)46)40-31(43)28-18(3)14-20(16-23(28)35)42-11-13-47-17-27(42)34(36,37)38/h9-10,14,16,25,27H,5-8,11-13,15,17H2,1-4H3,(H,40,43)(H,45,46)/t25-,27+/m0/s1. The summed E-state index contributed by atoms with van der Waals surface area (Å²) in [5, 5.41) is 12.5. The summed E-state index contributed by atoms with van der Waals surface area (Å²) in [6.45, 7) is 4.96. The highest BCUT2D eigenvalue weighted by molar-refractivity contribution is 5.98. The van der Waals surface area contributed by atoms with Crippen LogP contribution in [0.15, 0.2) is 29.1 Å². The average Bonchev–Trinajstić information content (AvgIpc) is 3.05. The Labute approximate surface area is 274 Å². The van der Waals surface area contributed by atoms with Crippen molar-refractivity contribution in [1.82, 2.24) is 14.9 Å². The minimum absolute atomic E-state index is 0.0174. The van der Waals surface area contributed by atoms with Gasteiger partial charge in [-0.2, -0.15) is 13.2 Å². The third-order valence-electron chi connectivity index (χ3n) is 8.96. The largest absolute Gasteiger partial charge is 0.493 e. The summed E-state index contributed by atoms with van der Waals surface area (Å²) < 4.78 is 68.9. The zero-order chi connectivity index (χ0) is 34.9. The fourth-order valence-electron chi connectivity index (χ4n) is 6.54. The molecule has 0 saturated carbocycles. The molecule has 2 aromatic carbocycles. The van der Waals surface area contributed by atoms with Crippen molar-refractivity contribution in [3.05, 3.63) is 74.1 Å². The van der Waals surface area contributed by atoms with Gasteiger partial charge in [0.15, 0.2) is 0 Å². The number of alkyl halides is 3. The van der Waals surface area contributed by atoms with Crippen LogP contribution in [0, 0.1) is 12.7 Å². The number of amides is 1. The summed E-state index contributed by atoms with van der Waals surface area (Å²) in [7, 11) is 1.70. The van der Waals surface area contributed by atoms with Crippen molar-refractivity contribution in [2.75, 3.05) is 31.3 Å². The van der Waals surface area contributed by atoms with E-state index in [0.29, 0.717) is 54.7 Å². The SMILES string of the molecule is CCc1nc(-c2ccc(C[C@H](NC(=O)c3c(C)cc(N4CCOC[C@@H]4C(F)(F)F)cc3F)C(=O)O)c3c2OCCC3)c(=O)n(C)c1CC. The number of ether oxygens (including phenoxy) is 2. The van der Waals surface area contributed by atoms with E-state index in [1.54, 1.807) is 23.7 Å². The summed E-state index contributed by atoms with van der Waals surface area (Å²) in [5.41, 5.74) is 2.84.